The number of amides is 1. The second-order valence-corrected chi connectivity index (χ2v) is 5.68. The third-order valence-corrected chi connectivity index (χ3v) is 2.47. The molecule has 1 aromatic carbocycles. The van der Waals surface area contributed by atoms with E-state index in [9.17, 15) is 4.79 Å². The number of hydrogen-bond acceptors (Lipinski definition) is 3. The first-order valence-corrected chi connectivity index (χ1v) is 7.17. The lowest BCUT2D eigenvalue weighted by molar-refractivity contribution is 0.0548. The molecule has 0 aromatic heterocycles. The van der Waals surface area contributed by atoms with E-state index in [1.165, 1.54) is 5.56 Å². The van der Waals surface area contributed by atoms with E-state index < -0.39 is 11.7 Å². The molecule has 4 heteroatoms. The zero-order valence-electron chi connectivity index (χ0n) is 13.4. The summed E-state index contributed by atoms with van der Waals surface area (Å²) in [6.07, 6.45) is 6.35. The highest BCUT2D eigenvalue weighted by molar-refractivity contribution is 5.70. The van der Waals surface area contributed by atoms with E-state index in [1.54, 1.807) is 24.4 Å². The Morgan fingerprint density at radius 1 is 1.27 bits per heavy atom. The van der Waals surface area contributed by atoms with Gasteiger partial charge < -0.3 is 10.1 Å². The van der Waals surface area contributed by atoms with Crippen molar-refractivity contribution in [3.8, 4) is 0 Å². The van der Waals surface area contributed by atoms with Gasteiger partial charge in [0, 0.05) is 12.2 Å². The normalized spacial score (nSPS) is 12.0. The third kappa shape index (κ3) is 7.94. The molecule has 0 fully saturated rings. The van der Waals surface area contributed by atoms with E-state index in [-0.39, 0.29) is 0 Å². The van der Waals surface area contributed by atoms with Crippen LogP contribution in [-0.2, 0) is 11.3 Å². The minimum absolute atomic E-state index is 0.492. The van der Waals surface area contributed by atoms with Crippen LogP contribution in [0.3, 0.4) is 0 Å². The van der Waals surface area contributed by atoms with E-state index >= 15 is 0 Å². The zero-order chi connectivity index (χ0) is 16.4. The van der Waals surface area contributed by atoms with Crippen LogP contribution in [0.4, 0.5) is 4.79 Å². The quantitative estimate of drug-likeness (QED) is 0.784. The first kappa shape index (κ1) is 17.6. The molecule has 0 aliphatic rings. The van der Waals surface area contributed by atoms with Gasteiger partial charge in [-0.3, -0.25) is 5.32 Å². The molecule has 0 saturated carbocycles. The molecule has 0 aliphatic carbocycles. The highest BCUT2D eigenvalue weighted by atomic mass is 16.6. The molecule has 0 bridgehead atoms. The van der Waals surface area contributed by atoms with Crippen molar-refractivity contribution in [2.45, 2.75) is 32.9 Å². The van der Waals surface area contributed by atoms with Crippen LogP contribution in [0.25, 0.3) is 0 Å². The number of ether oxygens (including phenoxy) is 1. The van der Waals surface area contributed by atoms with Gasteiger partial charge in [0.2, 0.25) is 0 Å². The van der Waals surface area contributed by atoms with Crippen molar-refractivity contribution >= 4 is 6.09 Å². The molecule has 4 nitrogen and oxygen atoms in total. The molecular weight excluding hydrogens is 276 g/mol. The number of hydrogen-bond donors (Lipinski definition) is 2. The molecule has 0 aliphatic heterocycles. The summed E-state index contributed by atoms with van der Waals surface area (Å²) in [5, 5.41) is 5.84. The highest BCUT2D eigenvalue weighted by Crippen LogP contribution is 2.07. The fourth-order valence-corrected chi connectivity index (χ4v) is 1.61. The van der Waals surface area contributed by atoms with Crippen LogP contribution in [0.2, 0.25) is 0 Å². The lowest BCUT2D eigenvalue weighted by atomic mass is 10.2. The second-order valence-electron chi connectivity index (χ2n) is 5.68. The molecule has 0 spiro atoms. The van der Waals surface area contributed by atoms with E-state index in [2.05, 4.69) is 17.2 Å². The average Bonchev–Trinajstić information content (AvgIpc) is 2.42. The predicted octanol–water partition coefficient (Wildman–Crippen LogP) is 3.88. The zero-order valence-corrected chi connectivity index (χ0v) is 13.4. The van der Waals surface area contributed by atoms with Crippen molar-refractivity contribution < 1.29 is 9.53 Å². The van der Waals surface area contributed by atoms with Crippen molar-refractivity contribution in [2.24, 2.45) is 0 Å². The van der Waals surface area contributed by atoms with Gasteiger partial charge in [-0.15, -0.1) is 0 Å². The molecule has 1 aromatic rings. The van der Waals surface area contributed by atoms with Crippen LogP contribution < -0.4 is 10.6 Å². The summed E-state index contributed by atoms with van der Waals surface area (Å²) in [4.78, 5) is 11.7. The van der Waals surface area contributed by atoms with Gasteiger partial charge in [0.1, 0.15) is 5.60 Å². The molecule has 0 saturated heterocycles. The number of rotatable bonds is 6. The number of allylic oxidation sites excluding steroid dienone is 3. The van der Waals surface area contributed by atoms with Crippen LogP contribution in [-0.4, -0.2) is 11.7 Å². The lowest BCUT2D eigenvalue weighted by Crippen LogP contribution is -2.31. The monoisotopic (exact) mass is 300 g/mol. The predicted molar refractivity (Wildman–Crippen MR) is 90.1 cm³/mol. The minimum Gasteiger partial charge on any atom is -0.444 e. The van der Waals surface area contributed by atoms with E-state index in [0.29, 0.717) is 12.2 Å². The Kier molecular flexibility index (Phi) is 6.96. The third-order valence-electron chi connectivity index (χ3n) is 2.47. The number of carbonyl (C=O) groups excluding carboxylic acids is 1. The summed E-state index contributed by atoms with van der Waals surface area (Å²) in [6.45, 7) is 9.81. The fourth-order valence-electron chi connectivity index (χ4n) is 1.61. The molecule has 118 valence electrons. The van der Waals surface area contributed by atoms with Crippen molar-refractivity contribution in [1.82, 2.24) is 10.6 Å². The van der Waals surface area contributed by atoms with Crippen molar-refractivity contribution in [2.75, 3.05) is 0 Å². The van der Waals surface area contributed by atoms with Gasteiger partial charge in [-0.25, -0.2) is 4.79 Å². The first-order valence-electron chi connectivity index (χ1n) is 7.17. The number of nitrogens with one attached hydrogen (secondary N) is 2. The topological polar surface area (TPSA) is 50.4 Å². The Labute approximate surface area is 132 Å². The van der Waals surface area contributed by atoms with Gasteiger partial charge in [-0.2, -0.15) is 0 Å². The highest BCUT2D eigenvalue weighted by Gasteiger charge is 2.16. The Balaban J connectivity index is 2.50. The van der Waals surface area contributed by atoms with Gasteiger partial charge in [0.15, 0.2) is 0 Å². The van der Waals surface area contributed by atoms with E-state index in [0.717, 1.165) is 0 Å². The second kappa shape index (κ2) is 8.72. The molecule has 1 amide bonds. The largest absolute Gasteiger partial charge is 0.444 e. The fraction of sp³-hybridized carbons (Fsp3) is 0.278. The molecule has 0 radical (unpaired) electrons. The summed E-state index contributed by atoms with van der Waals surface area (Å²) in [5.74, 6) is 0. The van der Waals surface area contributed by atoms with Crippen LogP contribution in [0.1, 0.15) is 26.3 Å². The maximum absolute atomic E-state index is 11.7. The average molecular weight is 300 g/mol. The molecular formula is C18H24N2O2. The summed E-state index contributed by atoms with van der Waals surface area (Å²) in [5.41, 5.74) is 1.25. The maximum Gasteiger partial charge on any atom is 0.412 e. The Bertz CT molecular complexity index is 540. The van der Waals surface area contributed by atoms with Gasteiger partial charge >= 0.3 is 6.09 Å². The Morgan fingerprint density at radius 2 is 1.95 bits per heavy atom. The van der Waals surface area contributed by atoms with E-state index in [1.807, 2.05) is 51.1 Å². The van der Waals surface area contributed by atoms with Crippen molar-refractivity contribution in [1.29, 1.82) is 0 Å². The summed E-state index contributed by atoms with van der Waals surface area (Å²) in [7, 11) is 0. The molecule has 22 heavy (non-hydrogen) atoms. The Morgan fingerprint density at radius 3 is 2.55 bits per heavy atom. The SMILES string of the molecule is C=C/C=C(\C=C/NCc1ccccc1)NC(=O)OC(C)(C)C. The summed E-state index contributed by atoms with van der Waals surface area (Å²) >= 11 is 0. The van der Waals surface area contributed by atoms with E-state index in [4.69, 9.17) is 4.74 Å². The van der Waals surface area contributed by atoms with Gasteiger partial charge in [-0.05, 0) is 44.7 Å². The van der Waals surface area contributed by atoms with Crippen LogP contribution in [0, 0.1) is 0 Å². The number of alkyl carbamates (subject to hydrolysis) is 1. The van der Waals surface area contributed by atoms with Crippen LogP contribution >= 0.6 is 0 Å². The lowest BCUT2D eigenvalue weighted by Gasteiger charge is -2.19. The van der Waals surface area contributed by atoms with Crippen LogP contribution in [0.5, 0.6) is 0 Å². The Hall–Kier alpha value is -2.49. The maximum atomic E-state index is 11.7. The van der Waals surface area contributed by atoms with Crippen LogP contribution in [0.15, 0.2) is 67.0 Å². The number of carbonyl (C=O) groups is 1. The number of benzene rings is 1. The van der Waals surface area contributed by atoms with Gasteiger partial charge in [0.05, 0.1) is 0 Å². The summed E-state index contributed by atoms with van der Waals surface area (Å²) in [6, 6.07) is 10.1. The standard InChI is InChI=1S/C18H24N2O2/c1-5-9-16(20-17(21)22-18(2,3)4)12-13-19-14-15-10-7-6-8-11-15/h5-13,19H,1,14H2,2-4H3,(H,20,21)/b13-12-,16-9+. The van der Waals surface area contributed by atoms with Gasteiger partial charge in [-0.1, -0.05) is 43.0 Å². The molecule has 1 rings (SSSR count). The molecule has 2 N–H and O–H groups in total. The van der Waals surface area contributed by atoms with Crippen molar-refractivity contribution in [3.05, 3.63) is 72.6 Å². The summed E-state index contributed by atoms with van der Waals surface area (Å²) < 4.78 is 5.21. The van der Waals surface area contributed by atoms with Crippen molar-refractivity contribution in [3.63, 3.8) is 0 Å². The molecule has 0 atom stereocenters. The molecule has 0 heterocycles. The minimum atomic E-state index is -0.529. The smallest absolute Gasteiger partial charge is 0.412 e. The first-order chi connectivity index (χ1) is 10.4. The van der Waals surface area contributed by atoms with Gasteiger partial charge in [0.25, 0.3) is 0 Å². The molecule has 0 unspecified atom stereocenters.